The molecule has 1 N–H and O–H groups in total. The molecule has 1 aromatic heterocycles. The summed E-state index contributed by atoms with van der Waals surface area (Å²) in [4.78, 5) is 16.5. The lowest BCUT2D eigenvalue weighted by Crippen LogP contribution is -2.12. The number of aryl methyl sites for hydroxylation is 1. The number of methoxy groups -OCH3 is 1. The molecule has 1 heterocycles. The van der Waals surface area contributed by atoms with Gasteiger partial charge >= 0.3 is 0 Å². The molecule has 1 amide bonds. The Kier molecular flexibility index (Phi) is 7.01. The van der Waals surface area contributed by atoms with E-state index in [2.05, 4.69) is 10.3 Å². The quantitative estimate of drug-likeness (QED) is 0.497. The van der Waals surface area contributed by atoms with E-state index in [1.54, 1.807) is 49.7 Å². The van der Waals surface area contributed by atoms with Gasteiger partial charge in [-0.05, 0) is 37.3 Å². The summed E-state index contributed by atoms with van der Waals surface area (Å²) in [6, 6.07) is 10.4. The lowest BCUT2D eigenvalue weighted by molar-refractivity contribution is -0.116. The number of aromatic nitrogens is 1. The lowest BCUT2D eigenvalue weighted by atomic mass is 10.2. The maximum atomic E-state index is 12.3. The van der Waals surface area contributed by atoms with Gasteiger partial charge in [0, 0.05) is 35.2 Å². The SMILES string of the molecule is CCOc1ccc(NC(=O)CCc2ncc(-c3ccc(Cl)cc3Cl)o2)cc1OC. The fourth-order valence-electron chi connectivity index (χ4n) is 2.70. The Balaban J connectivity index is 1.59. The van der Waals surface area contributed by atoms with Crippen molar-refractivity contribution in [1.29, 1.82) is 0 Å². The van der Waals surface area contributed by atoms with E-state index in [0.29, 0.717) is 57.5 Å². The van der Waals surface area contributed by atoms with Crippen molar-refractivity contribution >= 4 is 34.8 Å². The number of benzene rings is 2. The van der Waals surface area contributed by atoms with Crippen LogP contribution in [0.15, 0.2) is 47.0 Å². The largest absolute Gasteiger partial charge is 0.493 e. The molecule has 0 bridgehead atoms. The topological polar surface area (TPSA) is 73.6 Å². The maximum Gasteiger partial charge on any atom is 0.224 e. The Bertz CT molecular complexity index is 1000. The lowest BCUT2D eigenvalue weighted by Gasteiger charge is -2.11. The predicted octanol–water partition coefficient (Wildman–Crippen LogP) is 5.63. The Morgan fingerprint density at radius 3 is 2.72 bits per heavy atom. The van der Waals surface area contributed by atoms with Gasteiger partial charge in [-0.25, -0.2) is 4.98 Å². The molecule has 0 fully saturated rings. The number of hydrogen-bond donors (Lipinski definition) is 1. The second-order valence-corrected chi connectivity index (χ2v) is 6.93. The van der Waals surface area contributed by atoms with Gasteiger partial charge in [0.25, 0.3) is 0 Å². The maximum absolute atomic E-state index is 12.3. The molecule has 0 radical (unpaired) electrons. The molecule has 0 atom stereocenters. The zero-order valence-electron chi connectivity index (χ0n) is 16.0. The van der Waals surface area contributed by atoms with Crippen molar-refractivity contribution in [3.8, 4) is 22.8 Å². The average Bonchev–Trinajstić information content (AvgIpc) is 3.16. The zero-order valence-corrected chi connectivity index (χ0v) is 17.5. The van der Waals surface area contributed by atoms with E-state index in [1.165, 1.54) is 0 Å². The fourth-order valence-corrected chi connectivity index (χ4v) is 3.21. The predicted molar refractivity (Wildman–Crippen MR) is 113 cm³/mol. The number of carbonyl (C=O) groups is 1. The first kappa shape index (κ1) is 21.0. The fraction of sp³-hybridized carbons (Fsp3) is 0.238. The van der Waals surface area contributed by atoms with Crippen molar-refractivity contribution in [3.63, 3.8) is 0 Å². The molecule has 2 aromatic carbocycles. The molecule has 0 spiro atoms. The Morgan fingerprint density at radius 2 is 2.00 bits per heavy atom. The number of rotatable bonds is 8. The van der Waals surface area contributed by atoms with Gasteiger partial charge in [-0.3, -0.25) is 4.79 Å². The number of halogens is 2. The molecule has 8 heteroatoms. The number of hydrogen-bond acceptors (Lipinski definition) is 5. The molecule has 0 aliphatic carbocycles. The number of carbonyl (C=O) groups excluding carboxylic acids is 1. The Morgan fingerprint density at radius 1 is 1.17 bits per heavy atom. The van der Waals surface area contributed by atoms with Crippen LogP contribution in [0, 0.1) is 0 Å². The van der Waals surface area contributed by atoms with Crippen molar-refractivity contribution in [2.24, 2.45) is 0 Å². The Labute approximate surface area is 178 Å². The van der Waals surface area contributed by atoms with Crippen LogP contribution in [0.25, 0.3) is 11.3 Å². The van der Waals surface area contributed by atoms with Gasteiger partial charge in [0.15, 0.2) is 23.1 Å². The van der Waals surface area contributed by atoms with Crippen LogP contribution in [0.3, 0.4) is 0 Å². The standard InChI is InChI=1S/C21H20Cl2N2O4/c1-3-28-17-7-5-14(11-18(17)27-2)25-20(26)8-9-21-24-12-19(29-21)15-6-4-13(22)10-16(15)23/h4-7,10-12H,3,8-9H2,1-2H3,(H,25,26). The van der Waals surface area contributed by atoms with Crippen molar-refractivity contribution in [2.45, 2.75) is 19.8 Å². The van der Waals surface area contributed by atoms with Crippen molar-refractivity contribution in [3.05, 3.63) is 58.5 Å². The van der Waals surface area contributed by atoms with Crippen LogP contribution in [0.4, 0.5) is 5.69 Å². The van der Waals surface area contributed by atoms with Crippen LogP contribution < -0.4 is 14.8 Å². The summed E-state index contributed by atoms with van der Waals surface area (Å²) in [5.74, 6) is 1.99. The minimum absolute atomic E-state index is 0.166. The highest BCUT2D eigenvalue weighted by Gasteiger charge is 2.13. The van der Waals surface area contributed by atoms with E-state index in [1.807, 2.05) is 6.92 Å². The van der Waals surface area contributed by atoms with Gasteiger partial charge in [0.1, 0.15) is 0 Å². The molecule has 0 aliphatic rings. The molecule has 29 heavy (non-hydrogen) atoms. The number of nitrogens with zero attached hydrogens (tertiary/aromatic N) is 1. The summed E-state index contributed by atoms with van der Waals surface area (Å²) in [6.07, 6.45) is 2.15. The van der Waals surface area contributed by atoms with Crippen LogP contribution in [0.1, 0.15) is 19.2 Å². The average molecular weight is 435 g/mol. The van der Waals surface area contributed by atoms with Gasteiger partial charge < -0.3 is 19.2 Å². The normalized spacial score (nSPS) is 10.6. The second kappa shape index (κ2) is 9.67. The van der Waals surface area contributed by atoms with E-state index in [-0.39, 0.29) is 12.3 Å². The summed E-state index contributed by atoms with van der Waals surface area (Å²) in [7, 11) is 1.55. The van der Waals surface area contributed by atoms with Crippen LogP contribution in [0.5, 0.6) is 11.5 Å². The summed E-state index contributed by atoms with van der Waals surface area (Å²) in [5, 5.41) is 3.85. The van der Waals surface area contributed by atoms with E-state index in [4.69, 9.17) is 37.1 Å². The third kappa shape index (κ3) is 5.43. The molecule has 152 valence electrons. The van der Waals surface area contributed by atoms with Gasteiger partial charge in [0.05, 0.1) is 24.9 Å². The third-order valence-corrected chi connectivity index (χ3v) is 4.61. The Hall–Kier alpha value is -2.70. The number of oxazole rings is 1. The molecule has 0 unspecified atom stereocenters. The van der Waals surface area contributed by atoms with E-state index < -0.39 is 0 Å². The first-order valence-corrected chi connectivity index (χ1v) is 9.76. The van der Waals surface area contributed by atoms with Gasteiger partial charge in [0.2, 0.25) is 5.91 Å². The van der Waals surface area contributed by atoms with E-state index in [0.717, 1.165) is 0 Å². The highest BCUT2D eigenvalue weighted by molar-refractivity contribution is 6.36. The number of ether oxygens (including phenoxy) is 2. The van der Waals surface area contributed by atoms with Gasteiger partial charge in [-0.15, -0.1) is 0 Å². The summed E-state index contributed by atoms with van der Waals surface area (Å²) in [6.45, 7) is 2.42. The zero-order chi connectivity index (χ0) is 20.8. The molecule has 0 saturated heterocycles. The van der Waals surface area contributed by atoms with E-state index >= 15 is 0 Å². The van der Waals surface area contributed by atoms with Crippen molar-refractivity contribution < 1.29 is 18.7 Å². The summed E-state index contributed by atoms with van der Waals surface area (Å²) >= 11 is 12.1. The van der Waals surface area contributed by atoms with E-state index in [9.17, 15) is 4.79 Å². The van der Waals surface area contributed by atoms with Gasteiger partial charge in [-0.1, -0.05) is 23.2 Å². The number of amides is 1. The molecular weight excluding hydrogens is 415 g/mol. The summed E-state index contributed by atoms with van der Waals surface area (Å²) < 4.78 is 16.5. The van der Waals surface area contributed by atoms with Crippen LogP contribution in [-0.2, 0) is 11.2 Å². The van der Waals surface area contributed by atoms with Crippen LogP contribution in [-0.4, -0.2) is 24.6 Å². The minimum Gasteiger partial charge on any atom is -0.493 e. The van der Waals surface area contributed by atoms with Crippen molar-refractivity contribution in [1.82, 2.24) is 4.98 Å². The molecule has 0 aliphatic heterocycles. The minimum atomic E-state index is -0.166. The van der Waals surface area contributed by atoms with Crippen LogP contribution in [0.2, 0.25) is 10.0 Å². The molecular formula is C21H20Cl2N2O4. The van der Waals surface area contributed by atoms with Gasteiger partial charge in [-0.2, -0.15) is 0 Å². The molecule has 0 saturated carbocycles. The highest BCUT2D eigenvalue weighted by atomic mass is 35.5. The molecule has 3 aromatic rings. The first-order chi connectivity index (χ1) is 14.0. The second-order valence-electron chi connectivity index (χ2n) is 6.09. The first-order valence-electron chi connectivity index (χ1n) is 9.01. The molecule has 3 rings (SSSR count). The number of anilines is 1. The summed E-state index contributed by atoms with van der Waals surface area (Å²) in [5.41, 5.74) is 1.32. The third-order valence-electron chi connectivity index (χ3n) is 4.06. The smallest absolute Gasteiger partial charge is 0.224 e. The highest BCUT2D eigenvalue weighted by Crippen LogP contribution is 2.31. The van der Waals surface area contributed by atoms with Crippen LogP contribution >= 0.6 is 23.2 Å². The van der Waals surface area contributed by atoms with Crippen molar-refractivity contribution in [2.75, 3.05) is 19.0 Å². The monoisotopic (exact) mass is 434 g/mol. The number of nitrogens with one attached hydrogen (secondary N) is 1. The molecule has 6 nitrogen and oxygen atoms in total.